The maximum atomic E-state index is 10.5. The summed E-state index contributed by atoms with van der Waals surface area (Å²) in [6.45, 7) is 0.559. The molecule has 1 aliphatic rings. The monoisotopic (exact) mass is 282 g/mol. The van der Waals surface area contributed by atoms with Crippen LogP contribution in [0.15, 0.2) is 54.6 Å². The second-order valence-electron chi connectivity index (χ2n) is 5.84. The standard InChI is InChI=1S/C19H22O2/c20-19(16-9-4-5-10-16)17-11-6-12-18(13-17)21-14-15-7-2-1-3-8-15/h1-3,6-8,11-13,16,19-20H,4-5,9-10,14H2. The summed E-state index contributed by atoms with van der Waals surface area (Å²) >= 11 is 0. The molecule has 21 heavy (non-hydrogen) atoms. The lowest BCUT2D eigenvalue weighted by atomic mass is 9.94. The lowest BCUT2D eigenvalue weighted by Crippen LogP contribution is -2.09. The topological polar surface area (TPSA) is 29.5 Å². The molecule has 1 aliphatic carbocycles. The summed E-state index contributed by atoms with van der Waals surface area (Å²) in [6, 6.07) is 18.0. The largest absolute Gasteiger partial charge is 0.489 e. The average molecular weight is 282 g/mol. The van der Waals surface area contributed by atoms with Crippen LogP contribution in [-0.2, 0) is 6.61 Å². The molecule has 0 bridgehead atoms. The molecule has 1 saturated carbocycles. The van der Waals surface area contributed by atoms with Crippen LogP contribution in [0.4, 0.5) is 0 Å². The van der Waals surface area contributed by atoms with E-state index in [1.54, 1.807) is 0 Å². The molecule has 0 aromatic heterocycles. The van der Waals surface area contributed by atoms with Crippen LogP contribution in [0.25, 0.3) is 0 Å². The van der Waals surface area contributed by atoms with Crippen molar-refractivity contribution in [2.45, 2.75) is 38.4 Å². The molecule has 0 heterocycles. The van der Waals surface area contributed by atoms with Gasteiger partial charge in [0.15, 0.2) is 0 Å². The predicted octanol–water partition coefficient (Wildman–Crippen LogP) is 4.49. The van der Waals surface area contributed by atoms with Crippen LogP contribution in [-0.4, -0.2) is 5.11 Å². The third-order valence-electron chi connectivity index (χ3n) is 4.29. The molecule has 0 saturated heterocycles. The number of ether oxygens (including phenoxy) is 1. The predicted molar refractivity (Wildman–Crippen MR) is 84.1 cm³/mol. The minimum atomic E-state index is -0.354. The molecule has 2 aromatic carbocycles. The Hall–Kier alpha value is -1.80. The van der Waals surface area contributed by atoms with E-state index in [0.29, 0.717) is 12.5 Å². The summed E-state index contributed by atoms with van der Waals surface area (Å²) in [7, 11) is 0. The first kappa shape index (κ1) is 14.2. The molecule has 1 N–H and O–H groups in total. The van der Waals surface area contributed by atoms with Crippen molar-refractivity contribution < 1.29 is 9.84 Å². The summed E-state index contributed by atoms with van der Waals surface area (Å²) < 4.78 is 5.83. The van der Waals surface area contributed by atoms with E-state index in [1.165, 1.54) is 12.8 Å². The second kappa shape index (κ2) is 6.77. The second-order valence-corrected chi connectivity index (χ2v) is 5.84. The van der Waals surface area contributed by atoms with Crippen molar-refractivity contribution >= 4 is 0 Å². The summed E-state index contributed by atoms with van der Waals surface area (Å²) in [5.74, 6) is 1.24. The van der Waals surface area contributed by atoms with Crippen molar-refractivity contribution in [2.24, 2.45) is 5.92 Å². The zero-order chi connectivity index (χ0) is 14.5. The van der Waals surface area contributed by atoms with E-state index < -0.39 is 0 Å². The molecule has 1 fully saturated rings. The maximum absolute atomic E-state index is 10.5. The number of aliphatic hydroxyl groups excluding tert-OH is 1. The van der Waals surface area contributed by atoms with Gasteiger partial charge < -0.3 is 9.84 Å². The lowest BCUT2D eigenvalue weighted by molar-refractivity contribution is 0.111. The van der Waals surface area contributed by atoms with Gasteiger partial charge in [-0.25, -0.2) is 0 Å². The van der Waals surface area contributed by atoms with Crippen molar-refractivity contribution in [1.82, 2.24) is 0 Å². The Kier molecular flexibility index (Phi) is 4.56. The fraction of sp³-hybridized carbons (Fsp3) is 0.368. The highest BCUT2D eigenvalue weighted by atomic mass is 16.5. The minimum absolute atomic E-state index is 0.354. The average Bonchev–Trinajstić information content (AvgIpc) is 3.08. The molecule has 3 rings (SSSR count). The SMILES string of the molecule is OC(c1cccc(OCc2ccccc2)c1)C1CCCC1. The molecule has 110 valence electrons. The Bertz CT molecular complexity index is 559. The fourth-order valence-electron chi connectivity index (χ4n) is 3.07. The van der Waals surface area contributed by atoms with Crippen LogP contribution in [0.5, 0.6) is 5.75 Å². The van der Waals surface area contributed by atoms with E-state index in [0.717, 1.165) is 29.7 Å². The lowest BCUT2D eigenvalue weighted by Gasteiger charge is -2.18. The van der Waals surface area contributed by atoms with Gasteiger partial charge in [-0.05, 0) is 42.0 Å². The quantitative estimate of drug-likeness (QED) is 0.875. The zero-order valence-electron chi connectivity index (χ0n) is 12.2. The van der Waals surface area contributed by atoms with E-state index in [1.807, 2.05) is 42.5 Å². The minimum Gasteiger partial charge on any atom is -0.489 e. The Morgan fingerprint density at radius 1 is 1.00 bits per heavy atom. The van der Waals surface area contributed by atoms with Gasteiger partial charge in [0.05, 0.1) is 6.10 Å². The third-order valence-corrected chi connectivity index (χ3v) is 4.29. The Balaban J connectivity index is 1.65. The molecular formula is C19H22O2. The Morgan fingerprint density at radius 2 is 1.76 bits per heavy atom. The first-order valence-electron chi connectivity index (χ1n) is 7.78. The molecule has 1 unspecified atom stereocenters. The van der Waals surface area contributed by atoms with E-state index >= 15 is 0 Å². The molecule has 0 spiro atoms. The summed E-state index contributed by atoms with van der Waals surface area (Å²) in [5.41, 5.74) is 2.13. The summed E-state index contributed by atoms with van der Waals surface area (Å²) in [5, 5.41) is 10.5. The van der Waals surface area contributed by atoms with Gasteiger partial charge in [-0.15, -0.1) is 0 Å². The molecule has 1 atom stereocenters. The van der Waals surface area contributed by atoms with Crippen molar-refractivity contribution in [2.75, 3.05) is 0 Å². The van der Waals surface area contributed by atoms with Crippen molar-refractivity contribution in [1.29, 1.82) is 0 Å². The summed E-state index contributed by atoms with van der Waals surface area (Å²) in [6.07, 6.45) is 4.40. The van der Waals surface area contributed by atoms with Gasteiger partial charge in [0.2, 0.25) is 0 Å². The van der Waals surface area contributed by atoms with Crippen LogP contribution in [0, 0.1) is 5.92 Å². The highest BCUT2D eigenvalue weighted by Gasteiger charge is 2.24. The highest BCUT2D eigenvalue weighted by molar-refractivity contribution is 5.30. The van der Waals surface area contributed by atoms with Crippen LogP contribution >= 0.6 is 0 Å². The fourth-order valence-corrected chi connectivity index (χ4v) is 3.07. The number of hydrogen-bond donors (Lipinski definition) is 1. The molecule has 0 radical (unpaired) electrons. The van der Waals surface area contributed by atoms with Gasteiger partial charge in [0.1, 0.15) is 12.4 Å². The first-order chi connectivity index (χ1) is 10.3. The van der Waals surface area contributed by atoms with E-state index in [-0.39, 0.29) is 6.10 Å². The van der Waals surface area contributed by atoms with Gasteiger partial charge in [0.25, 0.3) is 0 Å². The van der Waals surface area contributed by atoms with E-state index in [9.17, 15) is 5.11 Å². The Labute approximate surface area is 126 Å². The first-order valence-corrected chi connectivity index (χ1v) is 7.78. The zero-order valence-corrected chi connectivity index (χ0v) is 12.2. The third kappa shape index (κ3) is 3.64. The molecule has 2 aromatic rings. The number of hydrogen-bond acceptors (Lipinski definition) is 2. The number of aliphatic hydroxyl groups is 1. The smallest absolute Gasteiger partial charge is 0.120 e. The van der Waals surface area contributed by atoms with Gasteiger partial charge in [-0.3, -0.25) is 0 Å². The van der Waals surface area contributed by atoms with Crippen molar-refractivity contribution in [3.05, 3.63) is 65.7 Å². The normalized spacial score (nSPS) is 16.8. The molecule has 2 nitrogen and oxygen atoms in total. The van der Waals surface area contributed by atoms with E-state index in [4.69, 9.17) is 4.74 Å². The Morgan fingerprint density at radius 3 is 2.52 bits per heavy atom. The van der Waals surface area contributed by atoms with Crippen molar-refractivity contribution in [3.63, 3.8) is 0 Å². The number of rotatable bonds is 5. The highest BCUT2D eigenvalue weighted by Crippen LogP contribution is 2.36. The van der Waals surface area contributed by atoms with E-state index in [2.05, 4.69) is 12.1 Å². The molecule has 0 amide bonds. The van der Waals surface area contributed by atoms with Crippen LogP contribution in [0.1, 0.15) is 42.9 Å². The van der Waals surface area contributed by atoms with Crippen LogP contribution in [0.2, 0.25) is 0 Å². The molecule has 2 heteroatoms. The molecular weight excluding hydrogens is 260 g/mol. The van der Waals surface area contributed by atoms with Crippen LogP contribution in [0.3, 0.4) is 0 Å². The van der Waals surface area contributed by atoms with Gasteiger partial charge >= 0.3 is 0 Å². The van der Waals surface area contributed by atoms with Gasteiger partial charge in [-0.1, -0.05) is 55.3 Å². The van der Waals surface area contributed by atoms with Crippen LogP contribution < -0.4 is 4.74 Å². The van der Waals surface area contributed by atoms with Crippen molar-refractivity contribution in [3.8, 4) is 5.75 Å². The molecule has 0 aliphatic heterocycles. The van der Waals surface area contributed by atoms with Gasteiger partial charge in [-0.2, -0.15) is 0 Å². The summed E-state index contributed by atoms with van der Waals surface area (Å²) in [4.78, 5) is 0. The number of benzene rings is 2. The maximum Gasteiger partial charge on any atom is 0.120 e. The van der Waals surface area contributed by atoms with Gasteiger partial charge in [0, 0.05) is 0 Å².